The number of ether oxygens (including phenoxy) is 3. The number of aryl methyl sites for hydroxylation is 2. The van der Waals surface area contributed by atoms with Crippen LogP contribution in [0.4, 0.5) is 11.4 Å². The molecule has 0 aliphatic carbocycles. The first-order valence-corrected chi connectivity index (χ1v) is 12.4. The first-order chi connectivity index (χ1) is 18.4. The molecule has 0 bridgehead atoms. The van der Waals surface area contributed by atoms with Gasteiger partial charge in [0.05, 0.1) is 5.92 Å². The SMILES string of the molecule is Cc1ccc(NC(=O)COc2ccc(N3C[C@H](C(=O)NCc4ccc5c(c4)OCO5)CC3=O)cc2)c(C)c1. The van der Waals surface area contributed by atoms with E-state index in [2.05, 4.69) is 10.6 Å². The molecule has 2 aliphatic heterocycles. The van der Waals surface area contributed by atoms with Gasteiger partial charge in [-0.3, -0.25) is 14.4 Å². The quantitative estimate of drug-likeness (QED) is 0.474. The summed E-state index contributed by atoms with van der Waals surface area (Å²) in [7, 11) is 0. The van der Waals surface area contributed by atoms with Crippen LogP contribution in [-0.4, -0.2) is 37.7 Å². The monoisotopic (exact) mass is 515 g/mol. The number of hydrogen-bond acceptors (Lipinski definition) is 6. The van der Waals surface area contributed by atoms with Crippen LogP contribution in [0.15, 0.2) is 60.7 Å². The zero-order valence-electron chi connectivity index (χ0n) is 21.3. The molecule has 1 saturated heterocycles. The molecule has 0 radical (unpaired) electrons. The van der Waals surface area contributed by atoms with Crippen molar-refractivity contribution in [2.45, 2.75) is 26.8 Å². The van der Waals surface area contributed by atoms with Crippen LogP contribution in [0.3, 0.4) is 0 Å². The fraction of sp³-hybridized carbons (Fsp3) is 0.276. The molecule has 0 spiro atoms. The second-order valence-electron chi connectivity index (χ2n) is 9.46. The van der Waals surface area contributed by atoms with Gasteiger partial charge < -0.3 is 29.7 Å². The maximum Gasteiger partial charge on any atom is 0.262 e. The first-order valence-electron chi connectivity index (χ1n) is 12.4. The fourth-order valence-corrected chi connectivity index (χ4v) is 4.53. The number of carbonyl (C=O) groups excluding carboxylic acids is 3. The van der Waals surface area contributed by atoms with Crippen molar-refractivity contribution in [3.8, 4) is 17.2 Å². The highest BCUT2D eigenvalue weighted by molar-refractivity contribution is 6.00. The van der Waals surface area contributed by atoms with E-state index < -0.39 is 5.92 Å². The molecule has 0 aromatic heterocycles. The predicted molar refractivity (Wildman–Crippen MR) is 141 cm³/mol. The van der Waals surface area contributed by atoms with E-state index in [-0.39, 0.29) is 37.5 Å². The predicted octanol–water partition coefficient (Wildman–Crippen LogP) is 3.72. The van der Waals surface area contributed by atoms with Crippen molar-refractivity contribution < 1.29 is 28.6 Å². The van der Waals surface area contributed by atoms with Crippen LogP contribution in [0.5, 0.6) is 17.2 Å². The average Bonchev–Trinajstić information content (AvgIpc) is 3.54. The van der Waals surface area contributed by atoms with E-state index >= 15 is 0 Å². The molecule has 2 heterocycles. The fourth-order valence-electron chi connectivity index (χ4n) is 4.53. The van der Waals surface area contributed by atoms with Crippen molar-refractivity contribution in [3.63, 3.8) is 0 Å². The number of hydrogen-bond donors (Lipinski definition) is 2. The molecule has 5 rings (SSSR count). The number of nitrogens with one attached hydrogen (secondary N) is 2. The summed E-state index contributed by atoms with van der Waals surface area (Å²) in [5.41, 5.74) is 4.43. The van der Waals surface area contributed by atoms with Gasteiger partial charge in [-0.2, -0.15) is 0 Å². The molecule has 2 aliphatic rings. The molecule has 3 amide bonds. The number of benzene rings is 3. The lowest BCUT2D eigenvalue weighted by molar-refractivity contribution is -0.126. The van der Waals surface area contributed by atoms with Gasteiger partial charge in [0.15, 0.2) is 18.1 Å². The number of carbonyl (C=O) groups is 3. The number of amides is 3. The smallest absolute Gasteiger partial charge is 0.262 e. The highest BCUT2D eigenvalue weighted by atomic mass is 16.7. The minimum Gasteiger partial charge on any atom is -0.484 e. The standard InChI is InChI=1S/C29H29N3O6/c1-18-3-9-24(19(2)11-18)31-27(33)16-36-23-7-5-22(6-8-23)32-15-21(13-28(32)34)29(35)30-14-20-4-10-25-26(12-20)38-17-37-25/h3-12,21H,13-17H2,1-2H3,(H,30,35)(H,31,33)/t21-/m1/s1. The maximum atomic E-state index is 12.7. The Bertz CT molecular complexity index is 1370. The van der Waals surface area contributed by atoms with E-state index in [1.807, 2.05) is 50.2 Å². The summed E-state index contributed by atoms with van der Waals surface area (Å²) >= 11 is 0. The molecule has 9 nitrogen and oxygen atoms in total. The van der Waals surface area contributed by atoms with Crippen molar-refractivity contribution in [2.24, 2.45) is 5.92 Å². The molecule has 3 aromatic rings. The minimum atomic E-state index is -0.443. The lowest BCUT2D eigenvalue weighted by Gasteiger charge is -2.17. The lowest BCUT2D eigenvalue weighted by Crippen LogP contribution is -2.32. The van der Waals surface area contributed by atoms with Gasteiger partial charge in [0.2, 0.25) is 18.6 Å². The van der Waals surface area contributed by atoms with E-state index in [0.717, 1.165) is 22.4 Å². The summed E-state index contributed by atoms with van der Waals surface area (Å²) in [5.74, 6) is 0.867. The van der Waals surface area contributed by atoms with E-state index in [1.165, 1.54) is 0 Å². The third-order valence-electron chi connectivity index (χ3n) is 6.57. The summed E-state index contributed by atoms with van der Waals surface area (Å²) in [4.78, 5) is 39.3. The Labute approximate surface area is 220 Å². The topological polar surface area (TPSA) is 106 Å². The summed E-state index contributed by atoms with van der Waals surface area (Å²) in [6, 6.07) is 18.3. The second kappa shape index (κ2) is 10.8. The Morgan fingerprint density at radius 3 is 2.58 bits per heavy atom. The Morgan fingerprint density at radius 1 is 1.00 bits per heavy atom. The van der Waals surface area contributed by atoms with Gasteiger partial charge in [0.1, 0.15) is 5.75 Å². The van der Waals surface area contributed by atoms with Crippen LogP contribution >= 0.6 is 0 Å². The number of rotatable bonds is 8. The Kier molecular flexibility index (Phi) is 7.17. The molecule has 1 atom stereocenters. The zero-order valence-corrected chi connectivity index (χ0v) is 21.3. The summed E-state index contributed by atoms with van der Waals surface area (Å²) in [6.07, 6.45) is 0.143. The van der Waals surface area contributed by atoms with Crippen molar-refractivity contribution >= 4 is 29.1 Å². The Balaban J connectivity index is 1.11. The van der Waals surface area contributed by atoms with Crippen LogP contribution in [0.25, 0.3) is 0 Å². The largest absolute Gasteiger partial charge is 0.484 e. The molecule has 2 N–H and O–H groups in total. The van der Waals surface area contributed by atoms with Crippen molar-refractivity contribution in [2.75, 3.05) is 30.2 Å². The number of nitrogens with zero attached hydrogens (tertiary/aromatic N) is 1. The van der Waals surface area contributed by atoms with Gasteiger partial charge in [0, 0.05) is 30.9 Å². The van der Waals surface area contributed by atoms with Crippen LogP contribution in [0.2, 0.25) is 0 Å². The first kappa shape index (κ1) is 25.1. The van der Waals surface area contributed by atoms with E-state index in [9.17, 15) is 14.4 Å². The van der Waals surface area contributed by atoms with Crippen molar-refractivity contribution in [1.82, 2.24) is 5.32 Å². The molecule has 0 unspecified atom stereocenters. The summed E-state index contributed by atoms with van der Waals surface area (Å²) < 4.78 is 16.3. The van der Waals surface area contributed by atoms with E-state index in [4.69, 9.17) is 14.2 Å². The van der Waals surface area contributed by atoms with Gasteiger partial charge in [-0.15, -0.1) is 0 Å². The molecule has 3 aromatic carbocycles. The highest BCUT2D eigenvalue weighted by Gasteiger charge is 2.35. The van der Waals surface area contributed by atoms with Crippen LogP contribution in [-0.2, 0) is 20.9 Å². The van der Waals surface area contributed by atoms with Crippen molar-refractivity contribution in [3.05, 3.63) is 77.4 Å². The Hall–Kier alpha value is -4.53. The molecule has 1 fully saturated rings. The summed E-state index contributed by atoms with van der Waals surface area (Å²) in [5, 5.41) is 5.76. The lowest BCUT2D eigenvalue weighted by atomic mass is 10.1. The highest BCUT2D eigenvalue weighted by Crippen LogP contribution is 2.32. The van der Waals surface area contributed by atoms with E-state index in [0.29, 0.717) is 36.0 Å². The Morgan fingerprint density at radius 2 is 1.79 bits per heavy atom. The van der Waals surface area contributed by atoms with E-state index in [1.54, 1.807) is 29.2 Å². The molecular weight excluding hydrogens is 486 g/mol. The molecule has 38 heavy (non-hydrogen) atoms. The van der Waals surface area contributed by atoms with Crippen molar-refractivity contribution in [1.29, 1.82) is 0 Å². The molecule has 0 saturated carbocycles. The van der Waals surface area contributed by atoms with Gasteiger partial charge in [0.25, 0.3) is 5.91 Å². The van der Waals surface area contributed by atoms with Gasteiger partial charge in [-0.25, -0.2) is 0 Å². The van der Waals surface area contributed by atoms with Crippen LogP contribution < -0.4 is 29.7 Å². The van der Waals surface area contributed by atoms with Gasteiger partial charge in [-0.1, -0.05) is 23.8 Å². The molecule has 196 valence electrons. The zero-order chi connectivity index (χ0) is 26.6. The average molecular weight is 516 g/mol. The normalized spacial score (nSPS) is 15.9. The third-order valence-corrected chi connectivity index (χ3v) is 6.57. The third kappa shape index (κ3) is 5.72. The van der Waals surface area contributed by atoms with Crippen LogP contribution in [0.1, 0.15) is 23.1 Å². The second-order valence-corrected chi connectivity index (χ2v) is 9.46. The van der Waals surface area contributed by atoms with Gasteiger partial charge in [-0.05, 0) is 67.4 Å². The minimum absolute atomic E-state index is 0.116. The molecule has 9 heteroatoms. The van der Waals surface area contributed by atoms with Crippen LogP contribution in [0, 0.1) is 19.8 Å². The maximum absolute atomic E-state index is 12.7. The summed E-state index contributed by atoms with van der Waals surface area (Å²) in [6.45, 7) is 4.63. The number of fused-ring (bicyclic) bond motifs is 1. The number of anilines is 2. The van der Waals surface area contributed by atoms with Gasteiger partial charge >= 0.3 is 0 Å². The molecular formula is C29H29N3O6.